The fourth-order valence-electron chi connectivity index (χ4n) is 1.82. The van der Waals surface area contributed by atoms with Crippen LogP contribution in [0, 0.1) is 11.8 Å². The second-order valence-corrected chi connectivity index (χ2v) is 4.02. The molecule has 0 amide bonds. The lowest BCUT2D eigenvalue weighted by Gasteiger charge is -2.33. The molecule has 0 aromatic carbocycles. The van der Waals surface area contributed by atoms with Crippen molar-refractivity contribution in [1.29, 1.82) is 0 Å². The Labute approximate surface area is 95.5 Å². The smallest absolute Gasteiger partial charge is 0.271 e. The SMILES string of the molecule is CCCC(C)C(NN)C(C(F)(F)F)C(F)(F)F. The van der Waals surface area contributed by atoms with E-state index in [9.17, 15) is 26.3 Å². The van der Waals surface area contributed by atoms with Gasteiger partial charge in [-0.25, -0.2) is 0 Å². The van der Waals surface area contributed by atoms with Gasteiger partial charge in [-0.05, 0) is 12.3 Å². The second kappa shape index (κ2) is 5.90. The van der Waals surface area contributed by atoms with Crippen LogP contribution in [0.2, 0.25) is 0 Å². The molecule has 2 nitrogen and oxygen atoms in total. The average molecular weight is 266 g/mol. The Morgan fingerprint density at radius 3 is 1.71 bits per heavy atom. The van der Waals surface area contributed by atoms with Crippen LogP contribution in [-0.2, 0) is 0 Å². The number of hydrogen-bond acceptors (Lipinski definition) is 2. The van der Waals surface area contributed by atoms with E-state index in [-0.39, 0.29) is 6.42 Å². The number of nitrogens with two attached hydrogens (primary N) is 1. The summed E-state index contributed by atoms with van der Waals surface area (Å²) < 4.78 is 74.6. The van der Waals surface area contributed by atoms with Gasteiger partial charge in [-0.15, -0.1) is 0 Å². The van der Waals surface area contributed by atoms with Crippen molar-refractivity contribution in [2.24, 2.45) is 17.7 Å². The summed E-state index contributed by atoms with van der Waals surface area (Å²) in [7, 11) is 0. The van der Waals surface area contributed by atoms with Gasteiger partial charge >= 0.3 is 12.4 Å². The van der Waals surface area contributed by atoms with Gasteiger partial charge in [-0.3, -0.25) is 11.3 Å². The third-order valence-electron chi connectivity index (χ3n) is 2.61. The summed E-state index contributed by atoms with van der Waals surface area (Å²) in [4.78, 5) is 0. The van der Waals surface area contributed by atoms with Crippen LogP contribution < -0.4 is 11.3 Å². The van der Waals surface area contributed by atoms with E-state index in [0.717, 1.165) is 0 Å². The Balaban J connectivity index is 5.14. The highest BCUT2D eigenvalue weighted by Gasteiger charge is 2.60. The van der Waals surface area contributed by atoms with Crippen molar-refractivity contribution in [3.05, 3.63) is 0 Å². The van der Waals surface area contributed by atoms with Crippen molar-refractivity contribution in [3.8, 4) is 0 Å². The molecular formula is C9H16F6N2. The Hall–Kier alpha value is -0.500. The number of hydrazine groups is 1. The highest BCUT2D eigenvalue weighted by molar-refractivity contribution is 4.88. The van der Waals surface area contributed by atoms with Gasteiger partial charge in [0.1, 0.15) is 0 Å². The third kappa shape index (κ3) is 4.71. The molecule has 8 heteroatoms. The molecule has 0 fully saturated rings. The molecule has 0 heterocycles. The first-order valence-corrected chi connectivity index (χ1v) is 5.15. The normalized spacial score (nSPS) is 17.3. The number of alkyl halides is 6. The average Bonchev–Trinajstić information content (AvgIpc) is 2.09. The van der Waals surface area contributed by atoms with Crippen molar-refractivity contribution in [2.75, 3.05) is 0 Å². The van der Waals surface area contributed by atoms with Gasteiger partial charge in [0, 0.05) is 6.04 Å². The first-order chi connectivity index (χ1) is 7.55. The molecule has 0 aliphatic heterocycles. The van der Waals surface area contributed by atoms with Gasteiger partial charge < -0.3 is 0 Å². The van der Waals surface area contributed by atoms with E-state index < -0.39 is 30.2 Å². The summed E-state index contributed by atoms with van der Waals surface area (Å²) >= 11 is 0. The van der Waals surface area contributed by atoms with Crippen molar-refractivity contribution in [1.82, 2.24) is 5.43 Å². The molecule has 0 bridgehead atoms. The van der Waals surface area contributed by atoms with Crippen LogP contribution in [0.1, 0.15) is 26.7 Å². The number of halogens is 6. The minimum absolute atomic E-state index is 0.234. The van der Waals surface area contributed by atoms with Gasteiger partial charge in [-0.1, -0.05) is 20.3 Å². The molecule has 104 valence electrons. The van der Waals surface area contributed by atoms with Crippen molar-refractivity contribution in [2.45, 2.75) is 45.1 Å². The second-order valence-electron chi connectivity index (χ2n) is 4.02. The Bertz CT molecular complexity index is 211. The molecule has 17 heavy (non-hydrogen) atoms. The fourth-order valence-corrected chi connectivity index (χ4v) is 1.82. The van der Waals surface area contributed by atoms with Crippen LogP contribution in [0.3, 0.4) is 0 Å². The maximum atomic E-state index is 12.4. The monoisotopic (exact) mass is 266 g/mol. The lowest BCUT2D eigenvalue weighted by atomic mass is 9.86. The lowest BCUT2D eigenvalue weighted by Crippen LogP contribution is -2.55. The highest BCUT2D eigenvalue weighted by atomic mass is 19.4. The van der Waals surface area contributed by atoms with E-state index >= 15 is 0 Å². The molecule has 0 aromatic heterocycles. The quantitative estimate of drug-likeness (QED) is 0.456. The van der Waals surface area contributed by atoms with Gasteiger partial charge in [0.25, 0.3) is 0 Å². The lowest BCUT2D eigenvalue weighted by molar-refractivity contribution is -0.295. The molecule has 2 unspecified atom stereocenters. The van der Waals surface area contributed by atoms with E-state index in [4.69, 9.17) is 5.84 Å². The van der Waals surface area contributed by atoms with Crippen LogP contribution in [0.5, 0.6) is 0 Å². The molecule has 0 aliphatic carbocycles. The van der Waals surface area contributed by atoms with Gasteiger partial charge in [0.15, 0.2) is 5.92 Å². The first kappa shape index (κ1) is 16.5. The minimum atomic E-state index is -5.36. The molecule has 0 spiro atoms. The Morgan fingerprint density at radius 1 is 1.06 bits per heavy atom. The zero-order chi connectivity index (χ0) is 13.9. The van der Waals surface area contributed by atoms with E-state index in [1.807, 2.05) is 0 Å². The van der Waals surface area contributed by atoms with E-state index in [1.165, 1.54) is 6.92 Å². The molecule has 0 radical (unpaired) electrons. The number of nitrogens with one attached hydrogen (secondary N) is 1. The molecule has 0 aliphatic rings. The predicted octanol–water partition coefficient (Wildman–Crippen LogP) is 3.00. The summed E-state index contributed by atoms with van der Waals surface area (Å²) in [6, 6.07) is -1.87. The molecular weight excluding hydrogens is 250 g/mol. The van der Waals surface area contributed by atoms with Crippen LogP contribution in [-0.4, -0.2) is 18.4 Å². The van der Waals surface area contributed by atoms with E-state index in [1.54, 1.807) is 12.3 Å². The summed E-state index contributed by atoms with van der Waals surface area (Å²) in [5, 5.41) is 0. The highest BCUT2D eigenvalue weighted by Crippen LogP contribution is 2.43. The maximum Gasteiger partial charge on any atom is 0.402 e. The molecule has 0 saturated heterocycles. The molecule has 0 rings (SSSR count). The number of hydrogen-bond donors (Lipinski definition) is 2. The molecule has 0 aromatic rings. The van der Waals surface area contributed by atoms with E-state index in [0.29, 0.717) is 6.42 Å². The predicted molar refractivity (Wildman–Crippen MR) is 50.8 cm³/mol. The van der Waals surface area contributed by atoms with Gasteiger partial charge in [0.05, 0.1) is 0 Å². The van der Waals surface area contributed by atoms with Crippen molar-refractivity contribution in [3.63, 3.8) is 0 Å². The summed E-state index contributed by atoms with van der Waals surface area (Å²) in [5.41, 5.74) is 1.66. The zero-order valence-electron chi connectivity index (χ0n) is 9.49. The van der Waals surface area contributed by atoms with Crippen LogP contribution in [0.15, 0.2) is 0 Å². The topological polar surface area (TPSA) is 38.0 Å². The third-order valence-corrected chi connectivity index (χ3v) is 2.61. The molecule has 2 atom stereocenters. The van der Waals surface area contributed by atoms with Crippen molar-refractivity contribution < 1.29 is 26.3 Å². The Morgan fingerprint density at radius 2 is 1.47 bits per heavy atom. The minimum Gasteiger partial charge on any atom is -0.271 e. The summed E-state index contributed by atoms with van der Waals surface area (Å²) in [5.74, 6) is 0.584. The maximum absolute atomic E-state index is 12.4. The standard InChI is InChI=1S/C9H16F6N2/c1-3-4-5(2)6(17-16)7(8(10,11)12)9(13,14)15/h5-7,17H,3-4,16H2,1-2H3. The van der Waals surface area contributed by atoms with Crippen LogP contribution >= 0.6 is 0 Å². The number of rotatable bonds is 5. The van der Waals surface area contributed by atoms with Gasteiger partial charge in [0.2, 0.25) is 0 Å². The van der Waals surface area contributed by atoms with Crippen LogP contribution in [0.4, 0.5) is 26.3 Å². The van der Waals surface area contributed by atoms with E-state index in [2.05, 4.69) is 0 Å². The Kier molecular flexibility index (Phi) is 5.73. The van der Waals surface area contributed by atoms with Crippen LogP contribution in [0.25, 0.3) is 0 Å². The summed E-state index contributed by atoms with van der Waals surface area (Å²) in [6.07, 6.45) is -10.0. The molecule has 3 N–H and O–H groups in total. The fraction of sp³-hybridized carbons (Fsp3) is 1.00. The zero-order valence-corrected chi connectivity index (χ0v) is 9.49. The van der Waals surface area contributed by atoms with Crippen molar-refractivity contribution >= 4 is 0 Å². The van der Waals surface area contributed by atoms with Gasteiger partial charge in [-0.2, -0.15) is 26.3 Å². The molecule has 0 saturated carbocycles. The first-order valence-electron chi connectivity index (χ1n) is 5.15. The largest absolute Gasteiger partial charge is 0.402 e. The summed E-state index contributed by atoms with van der Waals surface area (Å²) in [6.45, 7) is 3.00.